The Morgan fingerprint density at radius 2 is 1.49 bits per heavy atom. The van der Waals surface area contributed by atoms with E-state index in [1.165, 1.54) is 51.8 Å². The van der Waals surface area contributed by atoms with Crippen molar-refractivity contribution in [3.05, 3.63) is 119 Å². The average molecular weight is 854 g/mol. The number of carbonyl (C=O) groups is 3. The lowest BCUT2D eigenvalue weighted by molar-refractivity contribution is -0.132. The highest BCUT2D eigenvalue weighted by molar-refractivity contribution is 7.26. The molecule has 1 atom stereocenters. The second kappa shape index (κ2) is 16.1. The minimum absolute atomic E-state index is 0.0984. The number of hydrogen-bond donors (Lipinski definition) is 1. The first-order valence-electron chi connectivity index (χ1n) is 20.0. The number of thiophene rings is 2. The molecule has 1 unspecified atom stereocenters. The summed E-state index contributed by atoms with van der Waals surface area (Å²) in [5.41, 5.74) is 3.52. The van der Waals surface area contributed by atoms with Gasteiger partial charge in [0.05, 0.1) is 36.8 Å². The van der Waals surface area contributed by atoms with Crippen LogP contribution in [0.4, 0.5) is 8.78 Å². The summed E-state index contributed by atoms with van der Waals surface area (Å²) in [4.78, 5) is 44.2. The van der Waals surface area contributed by atoms with Crippen molar-refractivity contribution in [3.63, 3.8) is 0 Å². The van der Waals surface area contributed by atoms with Crippen LogP contribution in [-0.2, 0) is 4.79 Å². The molecule has 0 fully saturated rings. The Kier molecular flexibility index (Phi) is 10.5. The first-order chi connectivity index (χ1) is 29.6. The summed E-state index contributed by atoms with van der Waals surface area (Å²) in [6, 6.07) is 26.2. The number of nitrogens with zero attached hydrogens (tertiary/aromatic N) is 3. The summed E-state index contributed by atoms with van der Waals surface area (Å²) in [5, 5.41) is 20.6. The number of imide groups is 1. The minimum atomic E-state index is -1.48. The number of aliphatic carboxylic acids is 1. The highest BCUT2D eigenvalue weighted by Gasteiger charge is 2.44. The van der Waals surface area contributed by atoms with Crippen LogP contribution in [0.2, 0.25) is 0 Å². The summed E-state index contributed by atoms with van der Waals surface area (Å²) in [6.07, 6.45) is 4.54. The Morgan fingerprint density at radius 1 is 0.836 bits per heavy atom. The van der Waals surface area contributed by atoms with Gasteiger partial charge >= 0.3 is 5.97 Å². The van der Waals surface area contributed by atoms with Crippen LogP contribution in [0.5, 0.6) is 11.5 Å². The molecule has 0 radical (unpaired) electrons. The van der Waals surface area contributed by atoms with Gasteiger partial charge in [-0.2, -0.15) is 5.26 Å². The third kappa shape index (κ3) is 6.85. The summed E-state index contributed by atoms with van der Waals surface area (Å²) in [7, 11) is 0. The van der Waals surface area contributed by atoms with Gasteiger partial charge in [0.15, 0.2) is 11.5 Å². The maximum atomic E-state index is 15.7. The van der Waals surface area contributed by atoms with Gasteiger partial charge in [-0.25, -0.2) is 13.6 Å². The number of nitriles is 1. The van der Waals surface area contributed by atoms with E-state index in [1.54, 1.807) is 24.3 Å². The molecule has 61 heavy (non-hydrogen) atoms. The van der Waals surface area contributed by atoms with Crippen molar-refractivity contribution in [1.82, 2.24) is 9.47 Å². The zero-order chi connectivity index (χ0) is 42.5. The number of carboxylic acid groups (broad SMARTS) is 1. The number of aromatic nitrogens is 1. The van der Waals surface area contributed by atoms with Gasteiger partial charge in [-0.05, 0) is 78.1 Å². The topological polar surface area (TPSA) is 122 Å². The predicted octanol–water partition coefficient (Wildman–Crippen LogP) is 11.8. The maximum Gasteiger partial charge on any atom is 0.346 e. The summed E-state index contributed by atoms with van der Waals surface area (Å²) in [6.45, 7) is 4.95. The van der Waals surface area contributed by atoms with Crippen LogP contribution >= 0.6 is 22.7 Å². The number of carboxylic acids is 1. The quantitative estimate of drug-likeness (QED) is 0.0738. The summed E-state index contributed by atoms with van der Waals surface area (Å²) < 4.78 is 44.5. The predicted molar refractivity (Wildman–Crippen MR) is 234 cm³/mol. The lowest BCUT2D eigenvalue weighted by atomic mass is 9.99. The van der Waals surface area contributed by atoms with Gasteiger partial charge in [0.1, 0.15) is 36.5 Å². The molecule has 9 rings (SSSR count). The molecule has 4 aromatic carbocycles. The number of para-hydroxylation sites is 1. The van der Waals surface area contributed by atoms with Crippen molar-refractivity contribution in [2.75, 3.05) is 19.8 Å². The van der Waals surface area contributed by atoms with Crippen molar-refractivity contribution in [2.24, 2.45) is 5.92 Å². The molecular formula is C48H37F2N3O6S2. The van der Waals surface area contributed by atoms with E-state index in [-0.39, 0.29) is 41.6 Å². The normalized spacial score (nSPS) is 14.2. The first kappa shape index (κ1) is 39.8. The number of amides is 2. The fourth-order valence-corrected chi connectivity index (χ4v) is 10.9. The first-order valence-corrected chi connectivity index (χ1v) is 21.6. The van der Waals surface area contributed by atoms with Gasteiger partial charge in [-0.3, -0.25) is 14.5 Å². The van der Waals surface area contributed by atoms with E-state index in [9.17, 15) is 29.1 Å². The van der Waals surface area contributed by atoms with Crippen LogP contribution < -0.4 is 9.47 Å². The van der Waals surface area contributed by atoms with Gasteiger partial charge in [-0.1, -0.05) is 69.5 Å². The zero-order valence-corrected chi connectivity index (χ0v) is 34.7. The molecule has 0 bridgehead atoms. The van der Waals surface area contributed by atoms with E-state index in [4.69, 9.17) is 9.47 Å². The van der Waals surface area contributed by atoms with Crippen molar-refractivity contribution >= 4 is 68.3 Å². The van der Waals surface area contributed by atoms with Gasteiger partial charge in [0.25, 0.3) is 11.8 Å². The number of halogens is 2. The molecule has 0 saturated heterocycles. The molecule has 2 amide bonds. The summed E-state index contributed by atoms with van der Waals surface area (Å²) >= 11 is 2.58. The van der Waals surface area contributed by atoms with Crippen LogP contribution in [0.3, 0.4) is 0 Å². The number of carbonyl (C=O) groups excluding carboxylic acids is 2. The molecular weight excluding hydrogens is 817 g/mol. The smallest absolute Gasteiger partial charge is 0.346 e. The van der Waals surface area contributed by atoms with Crippen LogP contribution in [0.25, 0.3) is 64.2 Å². The lowest BCUT2D eigenvalue weighted by Gasteiger charge is -2.22. The van der Waals surface area contributed by atoms with Gasteiger partial charge in [0, 0.05) is 33.4 Å². The molecule has 3 aromatic heterocycles. The van der Waals surface area contributed by atoms with Crippen molar-refractivity contribution < 1.29 is 37.7 Å². The molecule has 7 aromatic rings. The Labute approximate surface area is 357 Å². The highest BCUT2D eigenvalue weighted by Crippen LogP contribution is 2.58. The average Bonchev–Trinajstić information content (AvgIpc) is 4.01. The molecule has 0 aliphatic carbocycles. The molecule has 13 heteroatoms. The Morgan fingerprint density at radius 3 is 2.18 bits per heavy atom. The van der Waals surface area contributed by atoms with E-state index >= 15 is 4.39 Å². The van der Waals surface area contributed by atoms with E-state index < -0.39 is 29.2 Å². The molecule has 0 spiro atoms. The molecule has 1 N–H and O–H groups in total. The Hall–Kier alpha value is -6.62. The molecule has 9 nitrogen and oxygen atoms in total. The third-order valence-electron chi connectivity index (χ3n) is 11.3. The molecule has 2 aliphatic rings. The maximum absolute atomic E-state index is 15.7. The van der Waals surface area contributed by atoms with Crippen LogP contribution in [0.1, 0.15) is 65.8 Å². The highest BCUT2D eigenvalue weighted by atomic mass is 32.1. The molecule has 5 heterocycles. The molecule has 2 aliphatic heterocycles. The fraction of sp³-hybridized carbons (Fsp3) is 0.208. The van der Waals surface area contributed by atoms with Crippen molar-refractivity contribution in [3.8, 4) is 53.9 Å². The number of fused-ring (bicyclic) bond motifs is 5. The monoisotopic (exact) mass is 853 g/mol. The second-order valence-corrected chi connectivity index (χ2v) is 17.1. The number of benzene rings is 4. The SMILES string of the molecule is CCCCC(CC)CN1C(=O)c2c(-c3ccc(/C=C(\C#N)C(=O)O)c(F)c3)sc(-c3sc(-c4ccc5c(c4)c4ccccc4n5-c4ccc(F)cc4)c4c3OCCO4)c2C1=O. The zero-order valence-electron chi connectivity index (χ0n) is 33.1. The lowest BCUT2D eigenvalue weighted by Crippen LogP contribution is -2.34. The van der Waals surface area contributed by atoms with Gasteiger partial charge in [0.2, 0.25) is 0 Å². The van der Waals surface area contributed by atoms with Crippen molar-refractivity contribution in [1.29, 1.82) is 5.26 Å². The second-order valence-electron chi connectivity index (χ2n) is 15.0. The van der Waals surface area contributed by atoms with Gasteiger partial charge in [-0.15, -0.1) is 22.7 Å². The van der Waals surface area contributed by atoms with Crippen LogP contribution in [0, 0.1) is 28.9 Å². The molecule has 0 saturated carbocycles. The number of hydrogen-bond acceptors (Lipinski definition) is 8. The van der Waals surface area contributed by atoms with E-state index in [0.717, 1.165) is 69.7 Å². The number of rotatable bonds is 12. The van der Waals surface area contributed by atoms with Crippen LogP contribution in [0.15, 0.2) is 90.5 Å². The third-order valence-corrected chi connectivity index (χ3v) is 14.0. The number of ether oxygens (including phenoxy) is 2. The standard InChI is InChI=1S/C48H37F2N3O6S2/c1-3-5-8-26(4-2)25-52-46(54)38-39(47(52)55)44(60-42(38)29-12-11-27(35(50)23-29)21-30(24-51)48(56)57)45-41-40(58-19-20-59-41)43(61-45)28-13-18-37-34(22-28)33-9-6-7-10-36(33)53(37)32-16-14-31(49)15-17-32/h6-7,9-18,21-23,26H,3-5,8,19-20,25H2,1-2H3,(H,56,57)/b30-21+. The van der Waals surface area contributed by atoms with E-state index in [0.29, 0.717) is 38.3 Å². The Bertz CT molecular complexity index is 3010. The molecule has 306 valence electrons. The number of unbranched alkanes of at least 4 members (excludes halogenated alkanes) is 1. The fourth-order valence-electron chi connectivity index (χ4n) is 8.26. The Balaban J connectivity index is 1.21. The van der Waals surface area contributed by atoms with Crippen molar-refractivity contribution in [2.45, 2.75) is 39.5 Å². The largest absolute Gasteiger partial charge is 0.485 e. The summed E-state index contributed by atoms with van der Waals surface area (Å²) in [5.74, 6) is -2.42. The minimum Gasteiger partial charge on any atom is -0.485 e. The van der Waals surface area contributed by atoms with E-state index in [1.807, 2.05) is 43.3 Å². The van der Waals surface area contributed by atoms with Crippen LogP contribution in [-0.4, -0.2) is 52.1 Å². The van der Waals surface area contributed by atoms with E-state index in [2.05, 4.69) is 17.6 Å². The van der Waals surface area contributed by atoms with Gasteiger partial charge < -0.3 is 19.1 Å².